The lowest BCUT2D eigenvalue weighted by Crippen LogP contribution is -2.19. The summed E-state index contributed by atoms with van der Waals surface area (Å²) in [7, 11) is 0. The van der Waals surface area contributed by atoms with Gasteiger partial charge in [-0.25, -0.2) is 4.39 Å². The average Bonchev–Trinajstić information content (AvgIpc) is 2.86. The Hall–Kier alpha value is -3.90. The minimum Gasteiger partial charge on any atom is -0.325 e. The second kappa shape index (κ2) is 11.0. The molecule has 4 aromatic rings. The van der Waals surface area contributed by atoms with Gasteiger partial charge in [0.2, 0.25) is 5.91 Å². The highest BCUT2D eigenvalue weighted by molar-refractivity contribution is 8.00. The van der Waals surface area contributed by atoms with Crippen molar-refractivity contribution in [2.75, 3.05) is 10.6 Å². The highest BCUT2D eigenvalue weighted by atomic mass is 32.2. The Kier molecular flexibility index (Phi) is 7.63. The fourth-order valence-electron chi connectivity index (χ4n) is 3.57. The van der Waals surface area contributed by atoms with Crippen molar-refractivity contribution in [1.29, 1.82) is 0 Å². The number of nitrogens with one attached hydrogen (secondary N) is 2. The first-order valence-corrected chi connectivity index (χ1v) is 12.0. The molecule has 0 radical (unpaired) electrons. The van der Waals surface area contributed by atoms with Gasteiger partial charge in [0.05, 0.1) is 0 Å². The third-order valence-electron chi connectivity index (χ3n) is 5.66. The van der Waals surface area contributed by atoms with Gasteiger partial charge in [0.25, 0.3) is 5.91 Å². The monoisotopic (exact) mass is 484 g/mol. The Morgan fingerprint density at radius 3 is 2.26 bits per heavy atom. The molecule has 6 heteroatoms. The number of aryl methyl sites for hydroxylation is 1. The molecule has 4 aromatic carbocycles. The van der Waals surface area contributed by atoms with E-state index in [1.54, 1.807) is 6.07 Å². The van der Waals surface area contributed by atoms with Gasteiger partial charge in [0, 0.05) is 21.8 Å². The summed E-state index contributed by atoms with van der Waals surface area (Å²) in [5.41, 5.74) is 4.75. The molecule has 0 fully saturated rings. The van der Waals surface area contributed by atoms with Crippen LogP contribution in [-0.2, 0) is 4.79 Å². The number of thioether (sulfide) groups is 1. The van der Waals surface area contributed by atoms with E-state index < -0.39 is 11.1 Å². The molecular weight excluding hydrogens is 459 g/mol. The van der Waals surface area contributed by atoms with E-state index in [-0.39, 0.29) is 11.8 Å². The van der Waals surface area contributed by atoms with Crippen molar-refractivity contribution in [3.8, 4) is 0 Å². The van der Waals surface area contributed by atoms with Crippen LogP contribution in [0.1, 0.15) is 32.3 Å². The smallest absolute Gasteiger partial charge is 0.255 e. The van der Waals surface area contributed by atoms with Crippen LogP contribution in [0.2, 0.25) is 0 Å². The summed E-state index contributed by atoms with van der Waals surface area (Å²) < 4.78 is 13.2. The summed E-state index contributed by atoms with van der Waals surface area (Å²) in [4.78, 5) is 26.8. The molecular formula is C29H25FN2O2S. The molecule has 1 unspecified atom stereocenters. The minimum absolute atomic E-state index is 0.129. The predicted octanol–water partition coefficient (Wildman–Crippen LogP) is 7.17. The largest absolute Gasteiger partial charge is 0.325 e. The van der Waals surface area contributed by atoms with E-state index in [9.17, 15) is 14.0 Å². The Morgan fingerprint density at radius 2 is 1.51 bits per heavy atom. The zero-order chi connectivity index (χ0) is 24.8. The quantitative estimate of drug-likeness (QED) is 0.274. The van der Waals surface area contributed by atoms with Gasteiger partial charge in [-0.1, -0.05) is 48.5 Å². The zero-order valence-corrected chi connectivity index (χ0v) is 20.2. The summed E-state index contributed by atoms with van der Waals surface area (Å²) >= 11 is 1.41. The lowest BCUT2D eigenvalue weighted by atomic mass is 10.1. The van der Waals surface area contributed by atoms with Crippen LogP contribution in [0.3, 0.4) is 0 Å². The van der Waals surface area contributed by atoms with Crippen molar-refractivity contribution in [1.82, 2.24) is 0 Å². The molecule has 0 saturated carbocycles. The molecule has 0 saturated heterocycles. The molecule has 0 spiro atoms. The number of carbonyl (C=O) groups excluding carboxylic acids is 2. The van der Waals surface area contributed by atoms with Crippen LogP contribution in [0, 0.1) is 19.7 Å². The molecule has 0 aliphatic rings. The van der Waals surface area contributed by atoms with Crippen molar-refractivity contribution in [3.05, 3.63) is 125 Å². The van der Waals surface area contributed by atoms with Crippen LogP contribution in [0.15, 0.2) is 102 Å². The molecule has 2 N–H and O–H groups in total. The molecule has 4 nitrogen and oxygen atoms in total. The number of amides is 2. The van der Waals surface area contributed by atoms with E-state index in [1.807, 2.05) is 80.6 Å². The Bertz CT molecular complexity index is 1340. The third-order valence-corrected chi connectivity index (χ3v) is 6.90. The zero-order valence-electron chi connectivity index (χ0n) is 19.4. The van der Waals surface area contributed by atoms with Crippen LogP contribution < -0.4 is 10.6 Å². The summed E-state index contributed by atoms with van der Waals surface area (Å²) in [6.45, 7) is 4.00. The highest BCUT2D eigenvalue weighted by Crippen LogP contribution is 2.37. The lowest BCUT2D eigenvalue weighted by Gasteiger charge is -2.19. The predicted molar refractivity (Wildman–Crippen MR) is 140 cm³/mol. The lowest BCUT2D eigenvalue weighted by molar-refractivity contribution is -0.115. The van der Waals surface area contributed by atoms with Crippen LogP contribution >= 0.6 is 11.8 Å². The normalized spacial score (nSPS) is 11.5. The number of hydrogen-bond acceptors (Lipinski definition) is 3. The first-order valence-electron chi connectivity index (χ1n) is 11.2. The number of hydrogen-bond donors (Lipinski definition) is 2. The molecule has 35 heavy (non-hydrogen) atoms. The summed E-state index contributed by atoms with van der Waals surface area (Å²) in [6, 6.07) is 28.1. The van der Waals surface area contributed by atoms with Crippen molar-refractivity contribution < 1.29 is 14.0 Å². The van der Waals surface area contributed by atoms with Crippen LogP contribution in [0.5, 0.6) is 0 Å². The number of benzene rings is 4. The number of halogens is 1. The van der Waals surface area contributed by atoms with E-state index in [4.69, 9.17) is 0 Å². The Balaban J connectivity index is 1.55. The van der Waals surface area contributed by atoms with E-state index in [0.717, 1.165) is 27.3 Å². The minimum atomic E-state index is -0.501. The van der Waals surface area contributed by atoms with Crippen LogP contribution in [0.4, 0.5) is 15.8 Å². The average molecular weight is 485 g/mol. The number of rotatable bonds is 7. The van der Waals surface area contributed by atoms with Crippen molar-refractivity contribution >= 4 is 35.0 Å². The maximum atomic E-state index is 13.4. The highest BCUT2D eigenvalue weighted by Gasteiger charge is 2.23. The van der Waals surface area contributed by atoms with Gasteiger partial charge in [-0.05, 0) is 79.1 Å². The first kappa shape index (κ1) is 24.2. The first-order chi connectivity index (χ1) is 16.9. The molecule has 0 aliphatic carbocycles. The molecule has 0 aliphatic heterocycles. The van der Waals surface area contributed by atoms with Crippen LogP contribution in [0.25, 0.3) is 0 Å². The second-order valence-electron chi connectivity index (χ2n) is 8.13. The Labute approximate surface area is 208 Å². The van der Waals surface area contributed by atoms with Gasteiger partial charge in [-0.3, -0.25) is 9.59 Å². The molecule has 0 heterocycles. The SMILES string of the molecule is Cc1cccc(NC(=O)C(Sc2cccc(NC(=O)c3ccc(F)cc3)c2)c2ccccc2)c1C. The summed E-state index contributed by atoms with van der Waals surface area (Å²) in [5.74, 6) is -0.860. The molecule has 1 atom stereocenters. The van der Waals surface area contributed by atoms with Gasteiger partial charge in [-0.15, -0.1) is 11.8 Å². The topological polar surface area (TPSA) is 58.2 Å². The van der Waals surface area contributed by atoms with E-state index in [2.05, 4.69) is 10.6 Å². The molecule has 0 bridgehead atoms. The van der Waals surface area contributed by atoms with Crippen molar-refractivity contribution in [3.63, 3.8) is 0 Å². The van der Waals surface area contributed by atoms with Gasteiger partial charge in [0.1, 0.15) is 11.1 Å². The van der Waals surface area contributed by atoms with Gasteiger partial charge in [0.15, 0.2) is 0 Å². The van der Waals surface area contributed by atoms with Crippen LogP contribution in [-0.4, -0.2) is 11.8 Å². The van der Waals surface area contributed by atoms with Crippen molar-refractivity contribution in [2.24, 2.45) is 0 Å². The fourth-order valence-corrected chi connectivity index (χ4v) is 4.66. The summed E-state index contributed by atoms with van der Waals surface area (Å²) in [6.07, 6.45) is 0. The maximum Gasteiger partial charge on any atom is 0.255 e. The van der Waals surface area contributed by atoms with Gasteiger partial charge in [-0.2, -0.15) is 0 Å². The third kappa shape index (κ3) is 6.16. The fraction of sp³-hybridized carbons (Fsp3) is 0.103. The van der Waals surface area contributed by atoms with Gasteiger partial charge < -0.3 is 10.6 Å². The molecule has 176 valence electrons. The number of carbonyl (C=O) groups is 2. The van der Waals surface area contributed by atoms with E-state index >= 15 is 0 Å². The molecule has 0 aromatic heterocycles. The molecule has 2 amide bonds. The summed E-state index contributed by atoms with van der Waals surface area (Å²) in [5, 5.41) is 5.42. The van der Waals surface area contributed by atoms with E-state index in [1.165, 1.54) is 36.0 Å². The van der Waals surface area contributed by atoms with E-state index in [0.29, 0.717) is 11.3 Å². The second-order valence-corrected chi connectivity index (χ2v) is 9.31. The number of anilines is 2. The van der Waals surface area contributed by atoms with Gasteiger partial charge >= 0.3 is 0 Å². The molecule has 4 rings (SSSR count). The standard InChI is InChI=1S/C29H25FN2O2S/c1-19-8-6-13-26(20(19)2)32-29(34)27(21-9-4-3-5-10-21)35-25-12-7-11-24(18-25)31-28(33)22-14-16-23(30)17-15-22/h3-18,27H,1-2H3,(H,31,33)(H,32,34). The maximum absolute atomic E-state index is 13.4. The van der Waals surface area contributed by atoms with Crippen molar-refractivity contribution in [2.45, 2.75) is 24.0 Å². The Morgan fingerprint density at radius 1 is 0.800 bits per heavy atom.